The number of rotatable bonds is 0. The molecule has 0 aromatic carbocycles. The van der Waals surface area contributed by atoms with Crippen molar-refractivity contribution in [3.63, 3.8) is 0 Å². The van der Waals surface area contributed by atoms with Crippen LogP contribution in [0.15, 0.2) is 12.5 Å². The van der Waals surface area contributed by atoms with Gasteiger partial charge in [0.2, 0.25) is 0 Å². The zero-order chi connectivity index (χ0) is 5.33. The molecule has 0 spiro atoms. The summed E-state index contributed by atoms with van der Waals surface area (Å²) in [5.41, 5.74) is -0.167. The maximum Gasteiger partial charge on any atom is 0.173 e. The molecule has 0 saturated carbocycles. The Morgan fingerprint density at radius 1 is 1.57 bits per heavy atom. The van der Waals surface area contributed by atoms with E-state index in [-0.39, 0.29) is 5.72 Å². The molecular formula is C5H9NO. The molecule has 0 bridgehead atoms. The topological polar surface area (TPSA) is 21.3 Å². The number of hydrogen-bond acceptors (Lipinski definition) is 2. The van der Waals surface area contributed by atoms with E-state index in [1.54, 1.807) is 12.5 Å². The molecule has 40 valence electrons. The van der Waals surface area contributed by atoms with Gasteiger partial charge in [0, 0.05) is 6.20 Å². The van der Waals surface area contributed by atoms with Crippen molar-refractivity contribution in [1.29, 1.82) is 0 Å². The summed E-state index contributed by atoms with van der Waals surface area (Å²) in [5, 5.41) is 2.99. The second-order valence-corrected chi connectivity index (χ2v) is 2.08. The Balaban J connectivity index is 2.49. The summed E-state index contributed by atoms with van der Waals surface area (Å²) in [5.74, 6) is 0. The highest BCUT2D eigenvalue weighted by Gasteiger charge is 2.17. The van der Waals surface area contributed by atoms with Crippen molar-refractivity contribution in [2.75, 3.05) is 0 Å². The Kier molecular flexibility index (Phi) is 0.741. The van der Waals surface area contributed by atoms with Crippen molar-refractivity contribution in [1.82, 2.24) is 5.32 Å². The lowest BCUT2D eigenvalue weighted by atomic mass is 10.3. The zero-order valence-corrected chi connectivity index (χ0v) is 4.56. The largest absolute Gasteiger partial charge is 0.475 e. The molecule has 0 unspecified atom stereocenters. The number of hydrogen-bond donors (Lipinski definition) is 1. The predicted molar refractivity (Wildman–Crippen MR) is 27.4 cm³/mol. The third kappa shape index (κ3) is 0.856. The summed E-state index contributed by atoms with van der Waals surface area (Å²) in [7, 11) is 0. The third-order valence-corrected chi connectivity index (χ3v) is 0.862. The second kappa shape index (κ2) is 1.15. The third-order valence-electron chi connectivity index (χ3n) is 0.862. The van der Waals surface area contributed by atoms with Crippen molar-refractivity contribution in [2.24, 2.45) is 0 Å². The van der Waals surface area contributed by atoms with E-state index in [1.807, 2.05) is 13.8 Å². The van der Waals surface area contributed by atoms with Gasteiger partial charge in [0.1, 0.15) is 6.26 Å². The van der Waals surface area contributed by atoms with Crippen LogP contribution in [0.2, 0.25) is 0 Å². The molecule has 2 heteroatoms. The van der Waals surface area contributed by atoms with Crippen LogP contribution in [0.3, 0.4) is 0 Å². The van der Waals surface area contributed by atoms with Gasteiger partial charge < -0.3 is 10.1 Å². The van der Waals surface area contributed by atoms with Crippen molar-refractivity contribution < 1.29 is 4.74 Å². The van der Waals surface area contributed by atoms with E-state index in [4.69, 9.17) is 4.74 Å². The Morgan fingerprint density at radius 2 is 2.29 bits per heavy atom. The summed E-state index contributed by atoms with van der Waals surface area (Å²) in [6.45, 7) is 3.93. The van der Waals surface area contributed by atoms with E-state index >= 15 is 0 Å². The molecule has 0 aromatic heterocycles. The quantitative estimate of drug-likeness (QED) is 0.485. The molecule has 0 aliphatic carbocycles. The number of ether oxygens (including phenoxy) is 1. The molecule has 0 fully saturated rings. The van der Waals surface area contributed by atoms with E-state index < -0.39 is 0 Å². The minimum atomic E-state index is -0.167. The van der Waals surface area contributed by atoms with E-state index in [2.05, 4.69) is 5.32 Å². The second-order valence-electron chi connectivity index (χ2n) is 2.08. The molecule has 0 amide bonds. The molecule has 1 aliphatic rings. The van der Waals surface area contributed by atoms with Crippen LogP contribution in [0.1, 0.15) is 13.8 Å². The Morgan fingerprint density at radius 3 is 2.43 bits per heavy atom. The van der Waals surface area contributed by atoms with Crippen LogP contribution in [0.25, 0.3) is 0 Å². The lowest BCUT2D eigenvalue weighted by Gasteiger charge is -2.17. The van der Waals surface area contributed by atoms with E-state index in [0.29, 0.717) is 0 Å². The highest BCUT2D eigenvalue weighted by molar-refractivity contribution is 4.86. The standard InChI is InChI=1S/C5H9NO/c1-5(2)6-3-4-7-5/h3-4,6H,1-2H3. The van der Waals surface area contributed by atoms with Crippen LogP contribution in [-0.2, 0) is 4.74 Å². The Hall–Kier alpha value is -0.660. The normalized spacial score (nSPS) is 23.7. The fourth-order valence-electron chi connectivity index (χ4n) is 0.473. The van der Waals surface area contributed by atoms with Crippen LogP contribution in [0.5, 0.6) is 0 Å². The van der Waals surface area contributed by atoms with Crippen LogP contribution in [-0.4, -0.2) is 5.72 Å². The fraction of sp³-hybridized carbons (Fsp3) is 0.600. The predicted octanol–water partition coefficient (Wildman–Crippen LogP) is 0.813. The average molecular weight is 99.1 g/mol. The monoisotopic (exact) mass is 99.1 g/mol. The van der Waals surface area contributed by atoms with Gasteiger partial charge in [0.05, 0.1) is 0 Å². The first kappa shape index (κ1) is 4.50. The molecule has 0 radical (unpaired) electrons. The average Bonchev–Trinajstić information content (AvgIpc) is 1.84. The van der Waals surface area contributed by atoms with Gasteiger partial charge in [-0.1, -0.05) is 0 Å². The SMILES string of the molecule is CC1(C)NC=CO1. The number of nitrogens with one attached hydrogen (secondary N) is 1. The van der Waals surface area contributed by atoms with Gasteiger partial charge in [0.15, 0.2) is 5.72 Å². The van der Waals surface area contributed by atoms with Crippen LogP contribution in [0, 0.1) is 0 Å². The van der Waals surface area contributed by atoms with E-state index in [1.165, 1.54) is 0 Å². The molecule has 0 atom stereocenters. The molecule has 0 saturated heterocycles. The minimum absolute atomic E-state index is 0.167. The van der Waals surface area contributed by atoms with Gasteiger partial charge in [-0.25, -0.2) is 0 Å². The maximum absolute atomic E-state index is 5.05. The van der Waals surface area contributed by atoms with Gasteiger partial charge in [-0.05, 0) is 13.8 Å². The molecular weight excluding hydrogens is 90.1 g/mol. The molecule has 1 N–H and O–H groups in total. The lowest BCUT2D eigenvalue weighted by molar-refractivity contribution is 0.0628. The van der Waals surface area contributed by atoms with Crippen molar-refractivity contribution in [3.05, 3.63) is 12.5 Å². The van der Waals surface area contributed by atoms with Crippen molar-refractivity contribution in [2.45, 2.75) is 19.6 Å². The Bertz CT molecular complexity index is 86.3. The van der Waals surface area contributed by atoms with E-state index in [9.17, 15) is 0 Å². The van der Waals surface area contributed by atoms with Crippen LogP contribution in [0.4, 0.5) is 0 Å². The lowest BCUT2D eigenvalue weighted by Crippen LogP contribution is -2.32. The van der Waals surface area contributed by atoms with Crippen LogP contribution < -0.4 is 5.32 Å². The summed E-state index contributed by atoms with van der Waals surface area (Å²) in [6, 6.07) is 0. The first-order chi connectivity index (χ1) is 3.21. The van der Waals surface area contributed by atoms with Crippen molar-refractivity contribution in [3.8, 4) is 0 Å². The molecule has 1 aliphatic heterocycles. The minimum Gasteiger partial charge on any atom is -0.475 e. The molecule has 2 nitrogen and oxygen atoms in total. The highest BCUT2D eigenvalue weighted by atomic mass is 16.5. The van der Waals surface area contributed by atoms with E-state index in [0.717, 1.165) is 0 Å². The molecule has 1 heterocycles. The van der Waals surface area contributed by atoms with Gasteiger partial charge in [-0.15, -0.1) is 0 Å². The van der Waals surface area contributed by atoms with Gasteiger partial charge in [-0.2, -0.15) is 0 Å². The summed E-state index contributed by atoms with van der Waals surface area (Å²) < 4.78 is 5.05. The first-order valence-electron chi connectivity index (χ1n) is 2.31. The highest BCUT2D eigenvalue weighted by Crippen LogP contribution is 2.08. The fourth-order valence-corrected chi connectivity index (χ4v) is 0.473. The van der Waals surface area contributed by atoms with Gasteiger partial charge in [0.25, 0.3) is 0 Å². The smallest absolute Gasteiger partial charge is 0.173 e. The first-order valence-corrected chi connectivity index (χ1v) is 2.31. The summed E-state index contributed by atoms with van der Waals surface area (Å²) in [6.07, 6.45) is 3.44. The van der Waals surface area contributed by atoms with Gasteiger partial charge in [-0.3, -0.25) is 0 Å². The molecule has 0 aromatic rings. The van der Waals surface area contributed by atoms with Crippen LogP contribution >= 0.6 is 0 Å². The summed E-state index contributed by atoms with van der Waals surface area (Å²) >= 11 is 0. The zero-order valence-electron chi connectivity index (χ0n) is 4.56. The van der Waals surface area contributed by atoms with Crippen molar-refractivity contribution >= 4 is 0 Å². The maximum atomic E-state index is 5.05. The van der Waals surface area contributed by atoms with Gasteiger partial charge >= 0.3 is 0 Å². The Labute approximate surface area is 43.2 Å². The molecule has 1 rings (SSSR count). The molecule has 7 heavy (non-hydrogen) atoms. The summed E-state index contributed by atoms with van der Waals surface area (Å²) in [4.78, 5) is 0.